The molecule has 0 bridgehead atoms. The lowest BCUT2D eigenvalue weighted by atomic mass is 9.61. The summed E-state index contributed by atoms with van der Waals surface area (Å²) in [6.45, 7) is -0.521. The van der Waals surface area contributed by atoms with Gasteiger partial charge in [0.2, 0.25) is 6.54 Å². The molecule has 6 nitrogen and oxygen atoms in total. The van der Waals surface area contributed by atoms with E-state index in [4.69, 9.17) is 4.74 Å². The molecule has 0 spiro atoms. The number of esters is 1. The van der Waals surface area contributed by atoms with Gasteiger partial charge in [0.05, 0.1) is 13.0 Å². The molecule has 0 unspecified atom stereocenters. The van der Waals surface area contributed by atoms with Gasteiger partial charge in [-0.1, -0.05) is 54.6 Å². The summed E-state index contributed by atoms with van der Waals surface area (Å²) in [4.78, 5) is 37.1. The first kappa shape index (κ1) is 17.8. The van der Waals surface area contributed by atoms with Crippen molar-refractivity contribution in [3.63, 3.8) is 0 Å². The average molecular weight is 353 g/mol. The largest absolute Gasteiger partial charge is 0.468 e. The Hall–Kier alpha value is -3.02. The topological polar surface area (TPSA) is 86.5 Å². The number of ether oxygens (including phenoxy) is 1. The first-order chi connectivity index (χ1) is 12.5. The van der Waals surface area contributed by atoms with Gasteiger partial charge in [-0.3, -0.25) is 19.7 Å². The molecule has 0 saturated heterocycles. The fraction of sp³-hybridized carbons (Fsp3) is 0.300. The van der Waals surface area contributed by atoms with Gasteiger partial charge in [-0.05, 0) is 24.0 Å². The number of nitrogens with zero attached hydrogens (tertiary/aromatic N) is 1. The third-order valence-electron chi connectivity index (χ3n) is 5.13. The minimum Gasteiger partial charge on any atom is -0.468 e. The molecule has 0 amide bonds. The third-order valence-corrected chi connectivity index (χ3v) is 5.13. The van der Waals surface area contributed by atoms with Crippen LogP contribution < -0.4 is 0 Å². The molecule has 1 aliphatic carbocycles. The normalized spacial score (nSPS) is 20.1. The summed E-state index contributed by atoms with van der Waals surface area (Å²) in [6.07, 6.45) is 0.668. The smallest absolute Gasteiger partial charge is 0.320 e. The maximum Gasteiger partial charge on any atom is 0.320 e. The first-order valence-corrected chi connectivity index (χ1v) is 8.38. The Labute approximate surface area is 150 Å². The van der Waals surface area contributed by atoms with Gasteiger partial charge in [-0.15, -0.1) is 0 Å². The number of fused-ring (bicyclic) bond motifs is 1. The Bertz CT molecular complexity index is 848. The van der Waals surface area contributed by atoms with E-state index >= 15 is 0 Å². The monoisotopic (exact) mass is 353 g/mol. The van der Waals surface area contributed by atoms with E-state index in [1.54, 1.807) is 42.5 Å². The number of aryl methyl sites for hydroxylation is 1. The van der Waals surface area contributed by atoms with Gasteiger partial charge in [0.1, 0.15) is 5.41 Å². The predicted molar refractivity (Wildman–Crippen MR) is 94.6 cm³/mol. The van der Waals surface area contributed by atoms with E-state index in [-0.39, 0.29) is 6.42 Å². The molecule has 6 heteroatoms. The molecule has 0 radical (unpaired) electrons. The number of nitro groups is 1. The van der Waals surface area contributed by atoms with E-state index in [1.807, 2.05) is 12.1 Å². The number of rotatable bonds is 5. The van der Waals surface area contributed by atoms with E-state index in [2.05, 4.69) is 0 Å². The van der Waals surface area contributed by atoms with Crippen molar-refractivity contribution < 1.29 is 19.2 Å². The van der Waals surface area contributed by atoms with E-state index < -0.39 is 34.6 Å². The highest BCUT2D eigenvalue weighted by atomic mass is 16.6. The lowest BCUT2D eigenvalue weighted by molar-refractivity contribution is -0.485. The van der Waals surface area contributed by atoms with Crippen molar-refractivity contribution in [2.75, 3.05) is 13.7 Å². The van der Waals surface area contributed by atoms with Crippen molar-refractivity contribution in [2.24, 2.45) is 5.41 Å². The molecule has 134 valence electrons. The van der Waals surface area contributed by atoms with Crippen molar-refractivity contribution in [1.82, 2.24) is 0 Å². The van der Waals surface area contributed by atoms with Crippen molar-refractivity contribution >= 4 is 11.8 Å². The lowest BCUT2D eigenvalue weighted by Gasteiger charge is -2.38. The fourth-order valence-electron chi connectivity index (χ4n) is 3.88. The molecule has 3 rings (SSSR count). The van der Waals surface area contributed by atoms with Crippen LogP contribution in [0.3, 0.4) is 0 Å². The number of Topliss-reactive ketones (excluding diaryl/α,β-unsaturated/α-hetero) is 1. The number of carbonyl (C=O) groups is 2. The van der Waals surface area contributed by atoms with Crippen molar-refractivity contribution in [3.8, 4) is 0 Å². The molecule has 0 saturated carbocycles. The van der Waals surface area contributed by atoms with Gasteiger partial charge < -0.3 is 4.74 Å². The van der Waals surface area contributed by atoms with Crippen molar-refractivity contribution in [3.05, 3.63) is 81.4 Å². The standard InChI is InChI=1S/C20H19NO5/c1-26-19(23)20(12-11-14-7-5-6-10-16(14)18(20)22)17(13-21(24)25)15-8-3-2-4-9-15/h2-10,17H,11-13H2,1H3/t17-,20+/m0/s1. The summed E-state index contributed by atoms with van der Waals surface area (Å²) in [5, 5.41) is 11.4. The summed E-state index contributed by atoms with van der Waals surface area (Å²) in [5.74, 6) is -2.01. The third kappa shape index (κ3) is 2.87. The number of benzene rings is 2. The van der Waals surface area contributed by atoms with Gasteiger partial charge in [0.25, 0.3) is 0 Å². The highest BCUT2D eigenvalue weighted by Crippen LogP contribution is 2.47. The minimum atomic E-state index is -1.60. The van der Waals surface area contributed by atoms with Crippen LogP contribution >= 0.6 is 0 Å². The number of carbonyl (C=O) groups excluding carboxylic acids is 2. The van der Waals surface area contributed by atoms with Crippen LogP contribution in [0.1, 0.15) is 33.8 Å². The van der Waals surface area contributed by atoms with Gasteiger partial charge >= 0.3 is 5.97 Å². The number of methoxy groups -OCH3 is 1. The summed E-state index contributed by atoms with van der Waals surface area (Å²) < 4.78 is 4.98. The second-order valence-electron chi connectivity index (χ2n) is 6.43. The highest BCUT2D eigenvalue weighted by molar-refractivity contribution is 6.14. The summed E-state index contributed by atoms with van der Waals surface area (Å²) >= 11 is 0. The lowest BCUT2D eigenvalue weighted by Crippen LogP contribution is -2.50. The van der Waals surface area contributed by atoms with Crippen LogP contribution in [0.15, 0.2) is 54.6 Å². The molecule has 1 aliphatic rings. The Balaban J connectivity index is 2.20. The summed E-state index contributed by atoms with van der Waals surface area (Å²) in [7, 11) is 1.21. The quantitative estimate of drug-likeness (QED) is 0.357. The average Bonchev–Trinajstić information content (AvgIpc) is 2.67. The second kappa shape index (κ2) is 7.07. The van der Waals surface area contributed by atoms with E-state index in [9.17, 15) is 19.7 Å². The molecule has 2 atom stereocenters. The van der Waals surface area contributed by atoms with Crippen molar-refractivity contribution in [1.29, 1.82) is 0 Å². The van der Waals surface area contributed by atoms with Gasteiger partial charge in [-0.25, -0.2) is 0 Å². The molecule has 0 heterocycles. The second-order valence-corrected chi connectivity index (χ2v) is 6.43. The van der Waals surface area contributed by atoms with Crippen LogP contribution in [0.2, 0.25) is 0 Å². The van der Waals surface area contributed by atoms with Crippen LogP contribution in [-0.2, 0) is 16.0 Å². The Morgan fingerprint density at radius 1 is 1.19 bits per heavy atom. The Morgan fingerprint density at radius 2 is 1.85 bits per heavy atom. The summed E-state index contributed by atoms with van der Waals surface area (Å²) in [6, 6.07) is 15.8. The molecular weight excluding hydrogens is 334 g/mol. The molecule has 0 aromatic heterocycles. The van der Waals surface area contributed by atoms with Crippen LogP contribution in [0.25, 0.3) is 0 Å². The minimum absolute atomic E-state index is 0.183. The maximum atomic E-state index is 13.4. The molecule has 0 N–H and O–H groups in total. The molecular formula is C20H19NO5. The molecule has 0 fully saturated rings. The molecule has 0 aliphatic heterocycles. The van der Waals surface area contributed by atoms with E-state index in [1.165, 1.54) is 7.11 Å². The predicted octanol–water partition coefficient (Wildman–Crippen LogP) is 3.04. The number of hydrogen-bond acceptors (Lipinski definition) is 5. The highest BCUT2D eigenvalue weighted by Gasteiger charge is 2.57. The first-order valence-electron chi connectivity index (χ1n) is 8.38. The van der Waals surface area contributed by atoms with Gasteiger partial charge in [0.15, 0.2) is 5.78 Å². The Morgan fingerprint density at radius 3 is 2.50 bits per heavy atom. The molecule has 2 aromatic rings. The van der Waals surface area contributed by atoms with Crippen LogP contribution in [0, 0.1) is 15.5 Å². The van der Waals surface area contributed by atoms with E-state index in [0.29, 0.717) is 17.5 Å². The number of hydrogen-bond donors (Lipinski definition) is 0. The van der Waals surface area contributed by atoms with Crippen LogP contribution in [-0.4, -0.2) is 30.3 Å². The van der Waals surface area contributed by atoms with E-state index in [0.717, 1.165) is 5.56 Å². The van der Waals surface area contributed by atoms with Gasteiger partial charge in [0, 0.05) is 10.5 Å². The number of ketones is 1. The molecule has 26 heavy (non-hydrogen) atoms. The molecule has 2 aromatic carbocycles. The maximum absolute atomic E-state index is 13.4. The SMILES string of the molecule is COC(=O)[C@@]1([C@@H](C[N+](=O)[O-])c2ccccc2)CCc2ccccc2C1=O. The zero-order valence-corrected chi connectivity index (χ0v) is 14.4. The van der Waals surface area contributed by atoms with Gasteiger partial charge in [-0.2, -0.15) is 0 Å². The van der Waals surface area contributed by atoms with Crippen LogP contribution in [0.4, 0.5) is 0 Å². The Kier molecular flexibility index (Phi) is 4.84. The van der Waals surface area contributed by atoms with Crippen molar-refractivity contribution in [2.45, 2.75) is 18.8 Å². The zero-order chi connectivity index (χ0) is 18.7. The zero-order valence-electron chi connectivity index (χ0n) is 14.4. The summed E-state index contributed by atoms with van der Waals surface area (Å²) in [5.41, 5.74) is 0.276. The van der Waals surface area contributed by atoms with Crippen LogP contribution in [0.5, 0.6) is 0 Å². The fourth-order valence-corrected chi connectivity index (χ4v) is 3.88.